The molecule has 1 heterocycles. The number of allylic oxidation sites excluding steroid dienone is 1. The highest BCUT2D eigenvalue weighted by Crippen LogP contribution is 2.17. The minimum Gasteiger partial charge on any atom is -0.366 e. The van der Waals surface area contributed by atoms with Gasteiger partial charge in [0.25, 0.3) is 0 Å². The fourth-order valence-corrected chi connectivity index (χ4v) is 2.25. The fourth-order valence-electron chi connectivity index (χ4n) is 2.25. The van der Waals surface area contributed by atoms with Gasteiger partial charge in [-0.3, -0.25) is 0 Å². The molecule has 0 spiro atoms. The summed E-state index contributed by atoms with van der Waals surface area (Å²) in [5, 5.41) is 0. The summed E-state index contributed by atoms with van der Waals surface area (Å²) in [6.07, 6.45) is 6.80. The van der Waals surface area contributed by atoms with Crippen molar-refractivity contribution in [3.8, 4) is 11.8 Å². The largest absolute Gasteiger partial charge is 0.366 e. The molecule has 0 bridgehead atoms. The van der Waals surface area contributed by atoms with E-state index >= 15 is 0 Å². The minimum atomic E-state index is 0.0751. The lowest BCUT2D eigenvalue weighted by atomic mass is 10.0. The third kappa shape index (κ3) is 5.32. The van der Waals surface area contributed by atoms with E-state index in [2.05, 4.69) is 18.4 Å². The molecule has 2 rings (SSSR count). The first-order chi connectivity index (χ1) is 9.34. The summed E-state index contributed by atoms with van der Waals surface area (Å²) < 4.78 is 5.87. The van der Waals surface area contributed by atoms with E-state index in [-0.39, 0.29) is 6.10 Å². The van der Waals surface area contributed by atoms with Crippen molar-refractivity contribution < 1.29 is 4.74 Å². The van der Waals surface area contributed by atoms with Crippen LogP contribution in [-0.4, -0.2) is 12.7 Å². The Balaban J connectivity index is 1.93. The second kappa shape index (κ2) is 7.81. The molecule has 100 valence electrons. The molecule has 19 heavy (non-hydrogen) atoms. The third-order valence-corrected chi connectivity index (χ3v) is 3.39. The van der Waals surface area contributed by atoms with Crippen molar-refractivity contribution in [1.29, 1.82) is 0 Å². The first-order valence-corrected chi connectivity index (χ1v) is 7.19. The van der Waals surface area contributed by atoms with Crippen LogP contribution in [0.1, 0.15) is 44.1 Å². The second-order valence-corrected chi connectivity index (χ2v) is 5.09. The summed E-state index contributed by atoms with van der Waals surface area (Å²) in [4.78, 5) is 0. The van der Waals surface area contributed by atoms with Crippen molar-refractivity contribution in [2.45, 2.75) is 44.6 Å². The van der Waals surface area contributed by atoms with Crippen LogP contribution in [0.4, 0.5) is 0 Å². The molecule has 0 radical (unpaired) electrons. The zero-order valence-corrected chi connectivity index (χ0v) is 11.5. The molecule has 1 aromatic carbocycles. The van der Waals surface area contributed by atoms with Crippen molar-refractivity contribution >= 4 is 0 Å². The Morgan fingerprint density at radius 3 is 2.68 bits per heavy atom. The van der Waals surface area contributed by atoms with E-state index in [0.29, 0.717) is 0 Å². The average molecular weight is 254 g/mol. The third-order valence-electron chi connectivity index (χ3n) is 3.39. The highest BCUT2D eigenvalue weighted by atomic mass is 16.5. The first kappa shape index (κ1) is 13.9. The SMILES string of the molecule is C=C1CCCCOC(C#Cc2ccccc2)CCC1. The van der Waals surface area contributed by atoms with Crippen molar-refractivity contribution in [1.82, 2.24) is 0 Å². The standard InChI is InChI=1S/C18H22O/c1-16-8-5-6-15-19-18(12-7-9-16)14-13-17-10-3-2-4-11-17/h2-4,10-11,18H,1,5-9,12,15H2. The van der Waals surface area contributed by atoms with Crippen molar-refractivity contribution in [3.05, 3.63) is 48.0 Å². The number of rotatable bonds is 0. The molecule has 1 unspecified atom stereocenters. The Morgan fingerprint density at radius 1 is 1.05 bits per heavy atom. The number of hydrogen-bond acceptors (Lipinski definition) is 1. The highest BCUT2D eigenvalue weighted by molar-refractivity contribution is 5.34. The molecule has 1 aromatic rings. The fraction of sp³-hybridized carbons (Fsp3) is 0.444. The molecule has 1 nitrogen and oxygen atoms in total. The predicted octanol–water partition coefficient (Wildman–Crippen LogP) is 4.33. The monoisotopic (exact) mass is 254 g/mol. The van der Waals surface area contributed by atoms with Crippen LogP contribution >= 0.6 is 0 Å². The number of ether oxygens (including phenoxy) is 1. The molecule has 1 aliphatic heterocycles. The van der Waals surface area contributed by atoms with E-state index < -0.39 is 0 Å². The summed E-state index contributed by atoms with van der Waals surface area (Å²) in [7, 11) is 0. The van der Waals surface area contributed by atoms with E-state index in [9.17, 15) is 0 Å². The van der Waals surface area contributed by atoms with Crippen LogP contribution in [0.15, 0.2) is 42.5 Å². The lowest BCUT2D eigenvalue weighted by Crippen LogP contribution is -2.13. The Hall–Kier alpha value is -1.52. The maximum atomic E-state index is 5.87. The Bertz CT molecular complexity index is 450. The minimum absolute atomic E-state index is 0.0751. The Morgan fingerprint density at radius 2 is 1.84 bits per heavy atom. The van der Waals surface area contributed by atoms with Gasteiger partial charge in [-0.25, -0.2) is 0 Å². The average Bonchev–Trinajstić information content (AvgIpc) is 2.45. The second-order valence-electron chi connectivity index (χ2n) is 5.09. The van der Waals surface area contributed by atoms with Gasteiger partial charge in [-0.15, -0.1) is 0 Å². The van der Waals surface area contributed by atoms with Crippen molar-refractivity contribution in [2.75, 3.05) is 6.61 Å². The molecule has 1 fully saturated rings. The van der Waals surface area contributed by atoms with Crippen LogP contribution in [0.25, 0.3) is 0 Å². The molecular formula is C18H22O. The van der Waals surface area contributed by atoms with Crippen LogP contribution in [0, 0.1) is 11.8 Å². The Labute approximate surface area is 116 Å². The molecule has 1 atom stereocenters. The molecule has 1 aliphatic rings. The molecular weight excluding hydrogens is 232 g/mol. The molecule has 1 saturated heterocycles. The van der Waals surface area contributed by atoms with Crippen molar-refractivity contribution in [2.24, 2.45) is 0 Å². The van der Waals surface area contributed by atoms with Crippen molar-refractivity contribution in [3.63, 3.8) is 0 Å². The predicted molar refractivity (Wildman–Crippen MR) is 79.9 cm³/mol. The lowest BCUT2D eigenvalue weighted by Gasteiger charge is -2.15. The summed E-state index contributed by atoms with van der Waals surface area (Å²) in [5.74, 6) is 6.48. The zero-order valence-electron chi connectivity index (χ0n) is 11.5. The maximum Gasteiger partial charge on any atom is 0.118 e. The van der Waals surface area contributed by atoms with Gasteiger partial charge in [0.1, 0.15) is 6.10 Å². The van der Waals surface area contributed by atoms with Gasteiger partial charge in [0.05, 0.1) is 0 Å². The number of benzene rings is 1. The topological polar surface area (TPSA) is 9.23 Å². The van der Waals surface area contributed by atoms with Crippen LogP contribution in [-0.2, 0) is 4.74 Å². The molecule has 0 aliphatic carbocycles. The molecule has 0 N–H and O–H groups in total. The van der Waals surface area contributed by atoms with Crippen LogP contribution in [0.2, 0.25) is 0 Å². The van der Waals surface area contributed by atoms with E-state index in [1.807, 2.05) is 30.3 Å². The van der Waals surface area contributed by atoms with E-state index in [0.717, 1.165) is 44.3 Å². The van der Waals surface area contributed by atoms with Gasteiger partial charge in [-0.2, -0.15) is 0 Å². The van der Waals surface area contributed by atoms with Gasteiger partial charge in [0.2, 0.25) is 0 Å². The van der Waals surface area contributed by atoms with E-state index in [1.165, 1.54) is 12.0 Å². The van der Waals surface area contributed by atoms with Gasteiger partial charge in [0, 0.05) is 12.2 Å². The van der Waals surface area contributed by atoms with Gasteiger partial charge in [-0.1, -0.05) is 42.2 Å². The number of hydrogen-bond donors (Lipinski definition) is 0. The molecule has 1 heteroatoms. The van der Waals surface area contributed by atoms with Gasteiger partial charge in [-0.05, 0) is 50.7 Å². The quantitative estimate of drug-likeness (QED) is 0.494. The smallest absolute Gasteiger partial charge is 0.118 e. The summed E-state index contributed by atoms with van der Waals surface area (Å²) in [6.45, 7) is 4.95. The van der Waals surface area contributed by atoms with Crippen LogP contribution in [0.3, 0.4) is 0 Å². The van der Waals surface area contributed by atoms with Gasteiger partial charge < -0.3 is 4.74 Å². The highest BCUT2D eigenvalue weighted by Gasteiger charge is 2.08. The summed E-state index contributed by atoms with van der Waals surface area (Å²) >= 11 is 0. The zero-order chi connectivity index (χ0) is 13.3. The van der Waals surface area contributed by atoms with E-state index in [1.54, 1.807) is 0 Å². The molecule has 0 aromatic heterocycles. The summed E-state index contributed by atoms with van der Waals surface area (Å²) in [5.41, 5.74) is 2.45. The normalized spacial score (nSPS) is 21.3. The van der Waals surface area contributed by atoms with Crippen LogP contribution in [0.5, 0.6) is 0 Å². The molecule has 0 saturated carbocycles. The first-order valence-electron chi connectivity index (χ1n) is 7.19. The van der Waals surface area contributed by atoms with Gasteiger partial charge >= 0.3 is 0 Å². The lowest BCUT2D eigenvalue weighted by molar-refractivity contribution is 0.0800. The Kier molecular flexibility index (Phi) is 5.72. The maximum absolute atomic E-state index is 5.87. The van der Waals surface area contributed by atoms with Gasteiger partial charge in [0.15, 0.2) is 0 Å². The molecule has 0 amide bonds. The van der Waals surface area contributed by atoms with E-state index in [4.69, 9.17) is 4.74 Å². The van der Waals surface area contributed by atoms with Crippen LogP contribution < -0.4 is 0 Å². The summed E-state index contributed by atoms with van der Waals surface area (Å²) in [6, 6.07) is 10.1.